The van der Waals surface area contributed by atoms with E-state index in [4.69, 9.17) is 5.73 Å². The van der Waals surface area contributed by atoms with Crippen LogP contribution in [0.25, 0.3) is 0 Å². The molecule has 2 aromatic rings. The van der Waals surface area contributed by atoms with E-state index in [9.17, 15) is 18.5 Å². The number of aryl methyl sites for hydroxylation is 1. The number of rotatable bonds is 7. The Balaban J connectivity index is 0.00000312. The summed E-state index contributed by atoms with van der Waals surface area (Å²) in [6, 6.07) is 12.9. The summed E-state index contributed by atoms with van der Waals surface area (Å²) >= 11 is 0. The maximum atomic E-state index is 12.9. The summed E-state index contributed by atoms with van der Waals surface area (Å²) in [6.45, 7) is 2.07. The quantitative estimate of drug-likeness (QED) is 0.582. The van der Waals surface area contributed by atoms with Crippen LogP contribution in [0.1, 0.15) is 11.1 Å². The van der Waals surface area contributed by atoms with Crippen LogP contribution in [0, 0.1) is 17.0 Å². The number of nitrogens with zero attached hydrogens (tertiary/aromatic N) is 2. The number of nitro groups is 1. The van der Waals surface area contributed by atoms with Crippen LogP contribution >= 0.6 is 12.4 Å². The first-order chi connectivity index (χ1) is 11.4. The van der Waals surface area contributed by atoms with Gasteiger partial charge in [-0.3, -0.25) is 10.1 Å². The van der Waals surface area contributed by atoms with Crippen molar-refractivity contribution in [1.82, 2.24) is 4.31 Å². The summed E-state index contributed by atoms with van der Waals surface area (Å²) in [5, 5.41) is 10.8. The smallest absolute Gasteiger partial charge is 0.269 e. The molecule has 2 N–H and O–H groups in total. The fraction of sp³-hybridized carbons (Fsp3) is 0.250. The van der Waals surface area contributed by atoms with Gasteiger partial charge in [-0.2, -0.15) is 4.31 Å². The Morgan fingerprint density at radius 3 is 2.32 bits per heavy atom. The maximum absolute atomic E-state index is 12.9. The highest BCUT2D eigenvalue weighted by Crippen LogP contribution is 2.25. The number of nitro benzene ring substituents is 1. The lowest BCUT2D eigenvalue weighted by Crippen LogP contribution is -2.35. The van der Waals surface area contributed by atoms with Crippen molar-refractivity contribution in [3.05, 3.63) is 69.8 Å². The zero-order valence-electron chi connectivity index (χ0n) is 13.7. The minimum Gasteiger partial charge on any atom is -0.329 e. The van der Waals surface area contributed by atoms with Crippen LogP contribution in [0.15, 0.2) is 53.4 Å². The van der Waals surface area contributed by atoms with Gasteiger partial charge in [0.2, 0.25) is 10.0 Å². The largest absolute Gasteiger partial charge is 0.329 e. The molecular weight excluding hydrogens is 366 g/mol. The minimum absolute atomic E-state index is 0. The zero-order valence-corrected chi connectivity index (χ0v) is 15.3. The summed E-state index contributed by atoms with van der Waals surface area (Å²) in [7, 11) is -3.80. The first kappa shape index (κ1) is 21.0. The molecule has 0 saturated heterocycles. The van der Waals surface area contributed by atoms with Gasteiger partial charge in [0.05, 0.1) is 9.82 Å². The van der Waals surface area contributed by atoms with E-state index in [0.29, 0.717) is 5.56 Å². The molecule has 25 heavy (non-hydrogen) atoms. The summed E-state index contributed by atoms with van der Waals surface area (Å²) in [4.78, 5) is 10.3. The van der Waals surface area contributed by atoms with Gasteiger partial charge in [0, 0.05) is 31.8 Å². The van der Waals surface area contributed by atoms with Gasteiger partial charge in [-0.15, -0.1) is 12.4 Å². The minimum atomic E-state index is -3.80. The van der Waals surface area contributed by atoms with Gasteiger partial charge in [0.25, 0.3) is 5.69 Å². The van der Waals surface area contributed by atoms with E-state index in [1.807, 2.05) is 30.3 Å². The third-order valence-corrected chi connectivity index (χ3v) is 5.57. The number of benzene rings is 2. The highest BCUT2D eigenvalue weighted by atomic mass is 35.5. The lowest BCUT2D eigenvalue weighted by atomic mass is 10.2. The summed E-state index contributed by atoms with van der Waals surface area (Å²) < 4.78 is 27.1. The number of sulfonamides is 1. The van der Waals surface area contributed by atoms with Gasteiger partial charge in [0.1, 0.15) is 0 Å². The molecule has 0 atom stereocenters. The zero-order chi connectivity index (χ0) is 17.7. The van der Waals surface area contributed by atoms with Crippen molar-refractivity contribution in [3.8, 4) is 0 Å². The summed E-state index contributed by atoms with van der Waals surface area (Å²) in [5.74, 6) is 0. The third-order valence-electron chi connectivity index (χ3n) is 3.57. The molecule has 0 fully saturated rings. The SMILES string of the molecule is Cc1cc([N+](=O)[O-])ccc1S(=O)(=O)N(CCN)Cc1ccccc1.Cl. The molecule has 0 radical (unpaired) electrons. The molecule has 0 saturated carbocycles. The molecule has 2 aromatic carbocycles. The van der Waals surface area contributed by atoms with E-state index < -0.39 is 14.9 Å². The molecule has 0 bridgehead atoms. The molecule has 0 aliphatic carbocycles. The number of nitrogens with two attached hydrogens (primary N) is 1. The molecule has 0 heterocycles. The van der Waals surface area contributed by atoms with Gasteiger partial charge >= 0.3 is 0 Å². The number of hydrogen-bond acceptors (Lipinski definition) is 5. The summed E-state index contributed by atoms with van der Waals surface area (Å²) in [6.07, 6.45) is 0. The number of non-ortho nitro benzene ring substituents is 1. The Morgan fingerprint density at radius 2 is 1.80 bits per heavy atom. The van der Waals surface area contributed by atoms with Crippen LogP contribution < -0.4 is 5.73 Å². The molecule has 136 valence electrons. The molecule has 2 rings (SSSR count). The monoisotopic (exact) mass is 385 g/mol. The van der Waals surface area contributed by atoms with Crippen molar-refractivity contribution in [2.24, 2.45) is 5.73 Å². The van der Waals surface area contributed by atoms with E-state index in [1.165, 1.54) is 22.5 Å². The average Bonchev–Trinajstić information content (AvgIpc) is 2.55. The Labute approximate surface area is 153 Å². The van der Waals surface area contributed by atoms with Crippen LogP contribution in [0.2, 0.25) is 0 Å². The highest BCUT2D eigenvalue weighted by molar-refractivity contribution is 7.89. The molecule has 0 aliphatic heterocycles. The predicted molar refractivity (Wildman–Crippen MR) is 98.2 cm³/mol. The van der Waals surface area contributed by atoms with E-state index in [2.05, 4.69) is 0 Å². The van der Waals surface area contributed by atoms with E-state index >= 15 is 0 Å². The fourth-order valence-electron chi connectivity index (χ4n) is 2.39. The van der Waals surface area contributed by atoms with Crippen LogP contribution in [0.4, 0.5) is 5.69 Å². The van der Waals surface area contributed by atoms with Gasteiger partial charge in [-0.05, 0) is 24.1 Å². The van der Waals surface area contributed by atoms with E-state index in [-0.39, 0.29) is 42.6 Å². The van der Waals surface area contributed by atoms with Crippen molar-refractivity contribution in [2.45, 2.75) is 18.4 Å². The van der Waals surface area contributed by atoms with Gasteiger partial charge in [-0.1, -0.05) is 30.3 Å². The molecule has 0 unspecified atom stereocenters. The standard InChI is InChI=1S/C16H19N3O4S.ClH/c1-13-11-15(19(20)21)7-8-16(13)24(22,23)18(10-9-17)12-14-5-3-2-4-6-14;/h2-8,11H,9-10,12,17H2,1H3;1H. The van der Waals surface area contributed by atoms with E-state index in [1.54, 1.807) is 6.92 Å². The average molecular weight is 386 g/mol. The number of halogens is 1. The van der Waals surface area contributed by atoms with Crippen molar-refractivity contribution in [1.29, 1.82) is 0 Å². The van der Waals surface area contributed by atoms with Crippen molar-refractivity contribution < 1.29 is 13.3 Å². The highest BCUT2D eigenvalue weighted by Gasteiger charge is 2.26. The molecule has 0 aliphatic rings. The second-order valence-corrected chi connectivity index (χ2v) is 7.23. The Kier molecular flexibility index (Phi) is 7.50. The van der Waals surface area contributed by atoms with Crippen LogP contribution in [-0.4, -0.2) is 30.7 Å². The first-order valence-electron chi connectivity index (χ1n) is 7.35. The normalized spacial score (nSPS) is 11.2. The van der Waals surface area contributed by atoms with Crippen LogP contribution in [0.3, 0.4) is 0 Å². The predicted octanol–water partition coefficient (Wildman–Crippen LogP) is 2.47. The Hall–Kier alpha value is -2.00. The molecule has 7 nitrogen and oxygen atoms in total. The van der Waals surface area contributed by atoms with Gasteiger partial charge in [-0.25, -0.2) is 8.42 Å². The molecule has 0 aromatic heterocycles. The van der Waals surface area contributed by atoms with E-state index in [0.717, 1.165) is 5.56 Å². The first-order valence-corrected chi connectivity index (χ1v) is 8.79. The molecule has 0 spiro atoms. The third kappa shape index (κ3) is 4.99. The van der Waals surface area contributed by atoms with Gasteiger partial charge < -0.3 is 5.73 Å². The lowest BCUT2D eigenvalue weighted by molar-refractivity contribution is -0.385. The fourth-order valence-corrected chi connectivity index (χ4v) is 4.04. The van der Waals surface area contributed by atoms with Gasteiger partial charge in [0.15, 0.2) is 0 Å². The lowest BCUT2D eigenvalue weighted by Gasteiger charge is -2.22. The van der Waals surface area contributed by atoms with Crippen molar-refractivity contribution >= 4 is 28.1 Å². The second-order valence-electron chi connectivity index (χ2n) is 5.32. The van der Waals surface area contributed by atoms with Crippen LogP contribution in [0.5, 0.6) is 0 Å². The van der Waals surface area contributed by atoms with Crippen LogP contribution in [-0.2, 0) is 16.6 Å². The van der Waals surface area contributed by atoms with Crippen molar-refractivity contribution in [2.75, 3.05) is 13.1 Å². The molecular formula is C16H20ClN3O4S. The Morgan fingerprint density at radius 1 is 1.16 bits per heavy atom. The molecule has 9 heteroatoms. The number of hydrogen-bond donors (Lipinski definition) is 1. The summed E-state index contributed by atoms with van der Waals surface area (Å²) in [5.41, 5.74) is 6.60. The maximum Gasteiger partial charge on any atom is 0.269 e. The second kappa shape index (κ2) is 8.91. The molecule has 0 amide bonds. The topological polar surface area (TPSA) is 107 Å². The Bertz CT molecular complexity index is 829. The van der Waals surface area contributed by atoms with Crippen molar-refractivity contribution in [3.63, 3.8) is 0 Å².